The van der Waals surface area contributed by atoms with Gasteiger partial charge in [0.25, 0.3) is 0 Å². The molecule has 5 heteroatoms. The van der Waals surface area contributed by atoms with E-state index in [0.717, 1.165) is 38.1 Å². The summed E-state index contributed by atoms with van der Waals surface area (Å²) in [4.78, 5) is 0.367. The molecular formula is C13H21NO3S. The molecule has 0 aliphatic heterocycles. The smallest absolute Gasteiger partial charge is 0.175 e. The van der Waals surface area contributed by atoms with Crippen LogP contribution in [0.3, 0.4) is 0 Å². The van der Waals surface area contributed by atoms with E-state index >= 15 is 0 Å². The van der Waals surface area contributed by atoms with Crippen LogP contribution >= 0.6 is 0 Å². The van der Waals surface area contributed by atoms with Gasteiger partial charge in [-0.1, -0.05) is 12.1 Å². The minimum Gasteiger partial charge on any atom is -0.385 e. The van der Waals surface area contributed by atoms with Crippen LogP contribution in [0.4, 0.5) is 0 Å². The molecule has 1 N–H and O–H groups in total. The van der Waals surface area contributed by atoms with Crippen molar-refractivity contribution < 1.29 is 13.2 Å². The zero-order valence-corrected chi connectivity index (χ0v) is 11.8. The highest BCUT2D eigenvalue weighted by Crippen LogP contribution is 2.10. The predicted molar refractivity (Wildman–Crippen MR) is 72.4 cm³/mol. The van der Waals surface area contributed by atoms with Crippen molar-refractivity contribution in [3.63, 3.8) is 0 Å². The quantitative estimate of drug-likeness (QED) is 0.730. The molecule has 0 saturated carbocycles. The molecule has 0 unspecified atom stereocenters. The van der Waals surface area contributed by atoms with Crippen LogP contribution in [0.2, 0.25) is 0 Å². The third kappa shape index (κ3) is 5.62. The maximum Gasteiger partial charge on any atom is 0.175 e. The van der Waals surface area contributed by atoms with Crippen LogP contribution in [0.5, 0.6) is 0 Å². The molecule has 0 aliphatic rings. The lowest BCUT2D eigenvalue weighted by Crippen LogP contribution is -2.15. The zero-order valence-electron chi connectivity index (χ0n) is 11.0. The lowest BCUT2D eigenvalue weighted by atomic mass is 10.2. The fourth-order valence-electron chi connectivity index (χ4n) is 1.58. The summed E-state index contributed by atoms with van der Waals surface area (Å²) in [7, 11) is -1.38. The summed E-state index contributed by atoms with van der Waals surface area (Å²) in [5, 5.41) is 3.31. The second-order valence-electron chi connectivity index (χ2n) is 4.29. The molecule has 1 rings (SSSR count). The monoisotopic (exact) mass is 271 g/mol. The number of benzene rings is 1. The Bertz CT molecular complexity index is 440. The third-order valence-electron chi connectivity index (χ3n) is 2.63. The lowest BCUT2D eigenvalue weighted by molar-refractivity contribution is 0.192. The van der Waals surface area contributed by atoms with Gasteiger partial charge in [-0.05, 0) is 37.1 Å². The molecular weight excluding hydrogens is 250 g/mol. The molecule has 0 aliphatic carbocycles. The largest absolute Gasteiger partial charge is 0.385 e. The first-order valence-electron chi connectivity index (χ1n) is 6.02. The zero-order chi connectivity index (χ0) is 13.4. The van der Waals surface area contributed by atoms with Crippen molar-refractivity contribution >= 4 is 9.84 Å². The van der Waals surface area contributed by atoms with Gasteiger partial charge in [0.15, 0.2) is 9.84 Å². The minimum atomic E-state index is -3.09. The van der Waals surface area contributed by atoms with E-state index in [9.17, 15) is 8.42 Å². The molecule has 0 spiro atoms. The molecule has 0 amide bonds. The molecule has 0 bridgehead atoms. The van der Waals surface area contributed by atoms with E-state index in [2.05, 4.69) is 5.32 Å². The summed E-state index contributed by atoms with van der Waals surface area (Å²) in [6.07, 6.45) is 3.35. The van der Waals surface area contributed by atoms with Crippen LogP contribution in [0.1, 0.15) is 18.4 Å². The van der Waals surface area contributed by atoms with E-state index in [4.69, 9.17) is 4.74 Å². The van der Waals surface area contributed by atoms with Crippen molar-refractivity contribution in [2.24, 2.45) is 0 Å². The number of nitrogens with one attached hydrogen (secondary N) is 1. The standard InChI is InChI=1S/C13H21NO3S/c1-17-10-4-3-9-14-11-12-5-7-13(8-6-12)18(2,15)16/h5-8,14H,3-4,9-11H2,1-2H3. The van der Waals surface area contributed by atoms with Crippen LogP contribution in [-0.4, -0.2) is 34.9 Å². The SMILES string of the molecule is COCCCCNCc1ccc(S(C)(=O)=O)cc1. The Hall–Kier alpha value is -0.910. The van der Waals surface area contributed by atoms with Crippen molar-refractivity contribution in [3.8, 4) is 0 Å². The van der Waals surface area contributed by atoms with Gasteiger partial charge in [0.05, 0.1) is 4.90 Å². The van der Waals surface area contributed by atoms with Gasteiger partial charge in [0.1, 0.15) is 0 Å². The number of ether oxygens (including phenoxy) is 1. The van der Waals surface area contributed by atoms with Crippen molar-refractivity contribution in [3.05, 3.63) is 29.8 Å². The molecule has 0 heterocycles. The van der Waals surface area contributed by atoms with Gasteiger partial charge in [-0.3, -0.25) is 0 Å². The molecule has 0 fully saturated rings. The number of unbranched alkanes of at least 4 members (excludes halogenated alkanes) is 1. The van der Waals surface area contributed by atoms with E-state index < -0.39 is 9.84 Å². The first-order valence-corrected chi connectivity index (χ1v) is 7.92. The van der Waals surface area contributed by atoms with Crippen LogP contribution in [0.15, 0.2) is 29.2 Å². The summed E-state index contributed by atoms with van der Waals surface area (Å²) in [5.74, 6) is 0. The fraction of sp³-hybridized carbons (Fsp3) is 0.538. The number of methoxy groups -OCH3 is 1. The van der Waals surface area contributed by atoms with Gasteiger partial charge in [0, 0.05) is 26.5 Å². The Balaban J connectivity index is 2.32. The maximum atomic E-state index is 11.3. The van der Waals surface area contributed by atoms with Crippen molar-refractivity contribution in [1.82, 2.24) is 5.32 Å². The first kappa shape index (κ1) is 15.1. The highest BCUT2D eigenvalue weighted by Gasteiger charge is 2.05. The topological polar surface area (TPSA) is 55.4 Å². The third-order valence-corrected chi connectivity index (χ3v) is 3.76. The average Bonchev–Trinajstić information content (AvgIpc) is 2.33. The fourth-order valence-corrected chi connectivity index (χ4v) is 2.21. The van der Waals surface area contributed by atoms with E-state index in [1.54, 1.807) is 19.2 Å². The van der Waals surface area contributed by atoms with E-state index in [1.165, 1.54) is 6.26 Å². The van der Waals surface area contributed by atoms with Gasteiger partial charge in [-0.2, -0.15) is 0 Å². The van der Waals surface area contributed by atoms with Gasteiger partial charge in [-0.15, -0.1) is 0 Å². The average molecular weight is 271 g/mol. The maximum absolute atomic E-state index is 11.3. The second-order valence-corrected chi connectivity index (χ2v) is 6.31. The Morgan fingerprint density at radius 1 is 1.17 bits per heavy atom. The van der Waals surface area contributed by atoms with E-state index in [1.807, 2.05) is 12.1 Å². The van der Waals surface area contributed by atoms with Gasteiger partial charge in [0.2, 0.25) is 0 Å². The summed E-state index contributed by atoms with van der Waals surface area (Å²) < 4.78 is 27.5. The summed E-state index contributed by atoms with van der Waals surface area (Å²) in [5.41, 5.74) is 1.09. The van der Waals surface area contributed by atoms with Gasteiger partial charge >= 0.3 is 0 Å². The lowest BCUT2D eigenvalue weighted by Gasteiger charge is -2.05. The number of sulfone groups is 1. The Morgan fingerprint density at radius 2 is 1.83 bits per heavy atom. The summed E-state index contributed by atoms with van der Waals surface area (Å²) in [6.45, 7) is 2.50. The summed E-state index contributed by atoms with van der Waals surface area (Å²) >= 11 is 0. The molecule has 0 radical (unpaired) electrons. The van der Waals surface area contributed by atoms with Crippen LogP contribution in [0, 0.1) is 0 Å². The molecule has 102 valence electrons. The first-order chi connectivity index (χ1) is 8.54. The molecule has 0 saturated heterocycles. The number of rotatable bonds is 8. The van der Waals surface area contributed by atoms with Crippen LogP contribution < -0.4 is 5.32 Å². The summed E-state index contributed by atoms with van der Waals surface area (Å²) in [6, 6.07) is 6.99. The highest BCUT2D eigenvalue weighted by molar-refractivity contribution is 7.90. The number of hydrogen-bond acceptors (Lipinski definition) is 4. The normalized spacial score (nSPS) is 11.7. The molecule has 1 aromatic carbocycles. The molecule has 18 heavy (non-hydrogen) atoms. The van der Waals surface area contributed by atoms with Crippen molar-refractivity contribution in [2.75, 3.05) is 26.5 Å². The van der Waals surface area contributed by atoms with Crippen molar-refractivity contribution in [2.45, 2.75) is 24.3 Å². The second kappa shape index (κ2) is 7.51. The Labute approximate surface area is 109 Å². The highest BCUT2D eigenvalue weighted by atomic mass is 32.2. The Kier molecular flexibility index (Phi) is 6.32. The van der Waals surface area contributed by atoms with Crippen LogP contribution in [-0.2, 0) is 21.1 Å². The number of hydrogen-bond donors (Lipinski definition) is 1. The van der Waals surface area contributed by atoms with Gasteiger partial charge in [-0.25, -0.2) is 8.42 Å². The molecule has 0 aromatic heterocycles. The predicted octanol–water partition coefficient (Wildman–Crippen LogP) is 1.61. The van der Waals surface area contributed by atoms with Crippen molar-refractivity contribution in [1.29, 1.82) is 0 Å². The minimum absolute atomic E-state index is 0.367. The van der Waals surface area contributed by atoms with E-state index in [0.29, 0.717) is 4.90 Å². The Morgan fingerprint density at radius 3 is 2.39 bits per heavy atom. The van der Waals surface area contributed by atoms with E-state index in [-0.39, 0.29) is 0 Å². The van der Waals surface area contributed by atoms with Crippen LogP contribution in [0.25, 0.3) is 0 Å². The molecule has 4 nitrogen and oxygen atoms in total. The molecule has 0 atom stereocenters. The molecule has 1 aromatic rings. The van der Waals surface area contributed by atoms with Gasteiger partial charge < -0.3 is 10.1 Å².